The third-order valence-electron chi connectivity index (χ3n) is 4.43. The zero-order chi connectivity index (χ0) is 17.5. The molecule has 0 aliphatic heterocycles. The molecule has 25 heavy (non-hydrogen) atoms. The molecule has 0 aliphatic rings. The van der Waals surface area contributed by atoms with E-state index in [9.17, 15) is 4.79 Å². The summed E-state index contributed by atoms with van der Waals surface area (Å²) in [4.78, 5) is 13.2. The monoisotopic (exact) mass is 329 g/mol. The summed E-state index contributed by atoms with van der Waals surface area (Å²) in [5.74, 6) is 0.0983. The van der Waals surface area contributed by atoms with Gasteiger partial charge in [0.2, 0.25) is 0 Å². The second-order valence-corrected chi connectivity index (χ2v) is 6.11. The third-order valence-corrected chi connectivity index (χ3v) is 4.43. The van der Waals surface area contributed by atoms with E-state index in [-0.39, 0.29) is 17.9 Å². The van der Waals surface area contributed by atoms with Gasteiger partial charge in [0.05, 0.1) is 6.04 Å². The smallest absolute Gasteiger partial charge is 0.184 e. The molecule has 0 fully saturated rings. The maximum Gasteiger partial charge on any atom is 0.184 e. The number of Topliss-reactive ketones (excluding diaryl/α,β-unsaturated/α-hetero) is 1. The van der Waals surface area contributed by atoms with Crippen LogP contribution in [0.2, 0.25) is 0 Å². The molecule has 2 heteroatoms. The van der Waals surface area contributed by atoms with Gasteiger partial charge in [0.15, 0.2) is 5.78 Å². The van der Waals surface area contributed by atoms with Crippen LogP contribution < -0.4 is 5.32 Å². The lowest BCUT2D eigenvalue weighted by molar-refractivity contribution is 0.0935. The van der Waals surface area contributed by atoms with Crippen molar-refractivity contribution in [1.82, 2.24) is 5.32 Å². The van der Waals surface area contributed by atoms with Crippen LogP contribution >= 0.6 is 0 Å². The van der Waals surface area contributed by atoms with Gasteiger partial charge in [-0.1, -0.05) is 97.9 Å². The molecule has 126 valence electrons. The first kappa shape index (κ1) is 17.1. The number of rotatable bonds is 7. The largest absolute Gasteiger partial charge is 0.297 e. The molecule has 1 N–H and O–H groups in total. The van der Waals surface area contributed by atoms with E-state index < -0.39 is 0 Å². The van der Waals surface area contributed by atoms with Crippen molar-refractivity contribution in [2.75, 3.05) is 0 Å². The maximum absolute atomic E-state index is 13.2. The highest BCUT2D eigenvalue weighted by molar-refractivity contribution is 6.00. The van der Waals surface area contributed by atoms with Crippen LogP contribution in [0.5, 0.6) is 0 Å². The van der Waals surface area contributed by atoms with Gasteiger partial charge >= 0.3 is 0 Å². The molecule has 2 atom stereocenters. The van der Waals surface area contributed by atoms with Crippen molar-refractivity contribution in [1.29, 1.82) is 0 Å². The van der Waals surface area contributed by atoms with Crippen LogP contribution in [0.3, 0.4) is 0 Å². The molecular formula is C23H23NO. The zero-order valence-corrected chi connectivity index (χ0v) is 14.4. The fraction of sp³-hybridized carbons (Fsp3) is 0.174. The lowest BCUT2D eigenvalue weighted by atomic mass is 9.94. The molecule has 3 aromatic carbocycles. The Bertz CT molecular complexity index is 784. The average Bonchev–Trinajstić information content (AvgIpc) is 2.70. The van der Waals surface area contributed by atoms with Crippen molar-refractivity contribution >= 4 is 5.78 Å². The van der Waals surface area contributed by atoms with Gasteiger partial charge in [-0.15, -0.1) is 0 Å². The lowest BCUT2D eigenvalue weighted by Gasteiger charge is -2.25. The standard InChI is InChI=1S/C23H23NO/c1-2-21(18-12-6-3-7-13-18)24-22(19-14-8-4-9-15-19)23(25)20-16-10-5-11-17-20/h3-17,21-22,24H,2H2,1H3/t21-,22-/m1/s1. The van der Waals surface area contributed by atoms with Crippen LogP contribution in [0.25, 0.3) is 0 Å². The summed E-state index contributed by atoms with van der Waals surface area (Å²) in [5.41, 5.74) is 2.92. The molecule has 0 spiro atoms. The van der Waals surface area contributed by atoms with E-state index in [0.717, 1.165) is 17.5 Å². The second kappa shape index (κ2) is 8.41. The normalized spacial score (nSPS) is 13.2. The molecule has 2 nitrogen and oxygen atoms in total. The summed E-state index contributed by atoms with van der Waals surface area (Å²) < 4.78 is 0. The van der Waals surface area contributed by atoms with Crippen molar-refractivity contribution in [3.63, 3.8) is 0 Å². The molecule has 0 heterocycles. The fourth-order valence-corrected chi connectivity index (χ4v) is 3.07. The molecule has 0 saturated carbocycles. The number of carbonyl (C=O) groups is 1. The van der Waals surface area contributed by atoms with E-state index >= 15 is 0 Å². The molecule has 3 rings (SSSR count). The fourth-order valence-electron chi connectivity index (χ4n) is 3.07. The topological polar surface area (TPSA) is 29.1 Å². The van der Waals surface area contributed by atoms with Gasteiger partial charge in [0, 0.05) is 11.6 Å². The van der Waals surface area contributed by atoms with Crippen molar-refractivity contribution in [2.45, 2.75) is 25.4 Å². The van der Waals surface area contributed by atoms with Crippen LogP contribution in [0.1, 0.15) is 46.9 Å². The van der Waals surface area contributed by atoms with E-state index in [2.05, 4.69) is 24.4 Å². The minimum Gasteiger partial charge on any atom is -0.297 e. The molecule has 0 unspecified atom stereocenters. The Balaban J connectivity index is 1.93. The predicted molar refractivity (Wildman–Crippen MR) is 103 cm³/mol. The van der Waals surface area contributed by atoms with Gasteiger partial charge < -0.3 is 0 Å². The van der Waals surface area contributed by atoms with Gasteiger partial charge in [0.1, 0.15) is 0 Å². The Hall–Kier alpha value is -2.71. The third kappa shape index (κ3) is 4.23. The zero-order valence-electron chi connectivity index (χ0n) is 14.4. The van der Waals surface area contributed by atoms with Crippen molar-refractivity contribution < 1.29 is 4.79 Å². The van der Waals surface area contributed by atoms with Gasteiger partial charge in [-0.05, 0) is 17.5 Å². The average molecular weight is 329 g/mol. The number of ketones is 1. The Morgan fingerprint density at radius 1 is 0.760 bits per heavy atom. The number of hydrogen-bond acceptors (Lipinski definition) is 2. The Morgan fingerprint density at radius 3 is 1.76 bits per heavy atom. The van der Waals surface area contributed by atoms with Crippen LogP contribution in [0, 0.1) is 0 Å². The summed E-state index contributed by atoms with van der Waals surface area (Å²) in [5, 5.41) is 3.59. The molecule has 3 aromatic rings. The first-order chi connectivity index (χ1) is 12.3. The summed E-state index contributed by atoms with van der Waals surface area (Å²) >= 11 is 0. The molecule has 0 bridgehead atoms. The number of benzene rings is 3. The SMILES string of the molecule is CC[C@@H](N[C@@H](C(=O)c1ccccc1)c1ccccc1)c1ccccc1. The Labute approximate surface area is 149 Å². The van der Waals surface area contributed by atoms with Crippen LogP contribution in [-0.4, -0.2) is 5.78 Å². The molecule has 0 amide bonds. The number of hydrogen-bond donors (Lipinski definition) is 1. The van der Waals surface area contributed by atoms with Crippen molar-refractivity contribution in [2.24, 2.45) is 0 Å². The molecule has 0 saturated heterocycles. The number of carbonyl (C=O) groups excluding carboxylic acids is 1. The molecule has 0 aromatic heterocycles. The van der Waals surface area contributed by atoms with Crippen molar-refractivity contribution in [3.8, 4) is 0 Å². The van der Waals surface area contributed by atoms with Crippen LogP contribution in [0.15, 0.2) is 91.0 Å². The van der Waals surface area contributed by atoms with E-state index in [0.29, 0.717) is 0 Å². The highest BCUT2D eigenvalue weighted by Crippen LogP contribution is 2.25. The quantitative estimate of drug-likeness (QED) is 0.592. The van der Waals surface area contributed by atoms with Gasteiger partial charge in [-0.2, -0.15) is 0 Å². The highest BCUT2D eigenvalue weighted by Gasteiger charge is 2.24. The molecule has 0 radical (unpaired) electrons. The predicted octanol–water partition coefficient (Wildman–Crippen LogP) is 5.35. The van der Waals surface area contributed by atoms with Gasteiger partial charge in [0.25, 0.3) is 0 Å². The van der Waals surface area contributed by atoms with E-state index in [1.807, 2.05) is 78.9 Å². The Morgan fingerprint density at radius 2 is 1.24 bits per heavy atom. The first-order valence-corrected chi connectivity index (χ1v) is 8.74. The summed E-state index contributed by atoms with van der Waals surface area (Å²) in [7, 11) is 0. The second-order valence-electron chi connectivity index (χ2n) is 6.11. The first-order valence-electron chi connectivity index (χ1n) is 8.74. The van der Waals surface area contributed by atoms with Gasteiger partial charge in [-0.25, -0.2) is 0 Å². The summed E-state index contributed by atoms with van der Waals surface area (Å²) in [6, 6.07) is 29.5. The number of nitrogens with one attached hydrogen (secondary N) is 1. The van der Waals surface area contributed by atoms with E-state index in [1.165, 1.54) is 5.56 Å². The summed E-state index contributed by atoms with van der Waals surface area (Å²) in [6.45, 7) is 2.14. The Kier molecular flexibility index (Phi) is 5.76. The molecule has 0 aliphatic carbocycles. The maximum atomic E-state index is 13.2. The van der Waals surface area contributed by atoms with Crippen molar-refractivity contribution in [3.05, 3.63) is 108 Å². The minimum atomic E-state index is -0.367. The van der Waals surface area contributed by atoms with Crippen LogP contribution in [-0.2, 0) is 0 Å². The minimum absolute atomic E-state index is 0.0983. The summed E-state index contributed by atoms with van der Waals surface area (Å²) in [6.07, 6.45) is 0.912. The van der Waals surface area contributed by atoms with Crippen LogP contribution in [0.4, 0.5) is 0 Å². The van der Waals surface area contributed by atoms with E-state index in [1.54, 1.807) is 0 Å². The molecular weight excluding hydrogens is 306 g/mol. The van der Waals surface area contributed by atoms with E-state index in [4.69, 9.17) is 0 Å². The highest BCUT2D eigenvalue weighted by atomic mass is 16.1. The lowest BCUT2D eigenvalue weighted by Crippen LogP contribution is -2.32. The van der Waals surface area contributed by atoms with Gasteiger partial charge in [-0.3, -0.25) is 10.1 Å².